The molecule has 3 rings (SSSR count). The molecule has 1 unspecified atom stereocenters. The largest absolute Gasteiger partial charge is 0.381 e. The van der Waals surface area contributed by atoms with Crippen LogP contribution in [0.5, 0.6) is 0 Å². The van der Waals surface area contributed by atoms with Crippen LogP contribution in [0, 0.1) is 0 Å². The van der Waals surface area contributed by atoms with Crippen LogP contribution in [-0.4, -0.2) is 51.1 Å². The van der Waals surface area contributed by atoms with Gasteiger partial charge in [0, 0.05) is 31.7 Å². The summed E-state index contributed by atoms with van der Waals surface area (Å²) >= 11 is 0. The van der Waals surface area contributed by atoms with Gasteiger partial charge in [0.15, 0.2) is 0 Å². The smallest absolute Gasteiger partial charge is 0.254 e. The van der Waals surface area contributed by atoms with Gasteiger partial charge in [-0.15, -0.1) is 5.10 Å². The minimum Gasteiger partial charge on any atom is -0.381 e. The number of ether oxygens (including phenoxy) is 1. The van der Waals surface area contributed by atoms with Gasteiger partial charge in [-0.2, -0.15) is 0 Å². The molecular formula is C18H24N4O3. The number of rotatable bonds is 5. The molecule has 0 spiro atoms. The van der Waals surface area contributed by atoms with Crippen molar-refractivity contribution in [1.29, 1.82) is 0 Å². The van der Waals surface area contributed by atoms with E-state index in [0.717, 1.165) is 5.56 Å². The van der Waals surface area contributed by atoms with Crippen molar-refractivity contribution < 1.29 is 14.6 Å². The summed E-state index contributed by atoms with van der Waals surface area (Å²) < 4.78 is 6.89. The van der Waals surface area contributed by atoms with Crippen LogP contribution in [0.3, 0.4) is 0 Å². The van der Waals surface area contributed by atoms with Crippen LogP contribution in [0.1, 0.15) is 47.9 Å². The molecule has 1 fully saturated rings. The summed E-state index contributed by atoms with van der Waals surface area (Å²) in [6, 6.07) is 7.57. The van der Waals surface area contributed by atoms with E-state index in [-0.39, 0.29) is 18.5 Å². The summed E-state index contributed by atoms with van der Waals surface area (Å²) in [4.78, 5) is 14.6. The average molecular weight is 344 g/mol. The number of nitrogens with zero attached hydrogens (tertiary/aromatic N) is 4. The lowest BCUT2D eigenvalue weighted by molar-refractivity contribution is 0.0380. The number of amides is 1. The van der Waals surface area contributed by atoms with E-state index >= 15 is 0 Å². The molecular weight excluding hydrogens is 320 g/mol. The number of methoxy groups -OCH3 is 1. The maximum absolute atomic E-state index is 12.9. The van der Waals surface area contributed by atoms with Crippen LogP contribution >= 0.6 is 0 Å². The van der Waals surface area contributed by atoms with Crippen molar-refractivity contribution in [3.63, 3.8) is 0 Å². The Hall–Kier alpha value is -2.25. The summed E-state index contributed by atoms with van der Waals surface area (Å²) in [6.07, 6.45) is 2.21. The van der Waals surface area contributed by atoms with Crippen LogP contribution in [-0.2, 0) is 16.9 Å². The molecule has 1 atom stereocenters. The van der Waals surface area contributed by atoms with E-state index in [0.29, 0.717) is 30.8 Å². The monoisotopic (exact) mass is 344 g/mol. The lowest BCUT2D eigenvalue weighted by Gasteiger charge is -2.22. The van der Waals surface area contributed by atoms with Gasteiger partial charge in [-0.05, 0) is 25.5 Å². The molecule has 0 bridgehead atoms. The fraction of sp³-hybridized carbons (Fsp3) is 0.500. The minimum atomic E-state index is -1.15. The third-order valence-corrected chi connectivity index (χ3v) is 4.60. The molecule has 0 aliphatic carbocycles. The van der Waals surface area contributed by atoms with Gasteiger partial charge < -0.3 is 14.7 Å². The van der Waals surface area contributed by atoms with E-state index in [1.54, 1.807) is 29.0 Å². The van der Waals surface area contributed by atoms with Crippen LogP contribution in [0.2, 0.25) is 0 Å². The minimum absolute atomic E-state index is 0.0974. The summed E-state index contributed by atoms with van der Waals surface area (Å²) in [7, 11) is 1.61. The van der Waals surface area contributed by atoms with Gasteiger partial charge in [-0.25, -0.2) is 4.68 Å². The molecule has 134 valence electrons. The molecule has 1 aromatic carbocycles. The fourth-order valence-corrected chi connectivity index (χ4v) is 3.10. The molecule has 1 aliphatic rings. The van der Waals surface area contributed by atoms with E-state index in [2.05, 4.69) is 10.3 Å². The van der Waals surface area contributed by atoms with Gasteiger partial charge in [0.25, 0.3) is 5.91 Å². The van der Waals surface area contributed by atoms with Crippen molar-refractivity contribution in [3.8, 4) is 0 Å². The first-order valence-corrected chi connectivity index (χ1v) is 8.45. The van der Waals surface area contributed by atoms with Crippen molar-refractivity contribution in [1.82, 2.24) is 19.9 Å². The highest BCUT2D eigenvalue weighted by Gasteiger charge is 2.42. The van der Waals surface area contributed by atoms with E-state index in [4.69, 9.17) is 4.74 Å². The topological polar surface area (TPSA) is 80.5 Å². The average Bonchev–Trinajstić information content (AvgIpc) is 3.23. The van der Waals surface area contributed by atoms with E-state index < -0.39 is 5.60 Å². The van der Waals surface area contributed by atoms with Gasteiger partial charge in [-0.1, -0.05) is 23.4 Å². The second-order valence-corrected chi connectivity index (χ2v) is 6.78. The molecule has 7 nitrogen and oxygen atoms in total. The summed E-state index contributed by atoms with van der Waals surface area (Å²) in [5.41, 5.74) is 0.816. The van der Waals surface area contributed by atoms with E-state index in [9.17, 15) is 9.90 Å². The lowest BCUT2D eigenvalue weighted by Crippen LogP contribution is -2.35. The van der Waals surface area contributed by atoms with Crippen molar-refractivity contribution in [3.05, 3.63) is 47.3 Å². The van der Waals surface area contributed by atoms with Crippen molar-refractivity contribution in [2.45, 2.75) is 38.5 Å². The molecule has 1 aliphatic heterocycles. The van der Waals surface area contributed by atoms with Gasteiger partial charge >= 0.3 is 0 Å². The van der Waals surface area contributed by atoms with Crippen molar-refractivity contribution in [2.24, 2.45) is 0 Å². The third-order valence-electron chi connectivity index (χ3n) is 4.60. The van der Waals surface area contributed by atoms with Crippen LogP contribution < -0.4 is 0 Å². The van der Waals surface area contributed by atoms with Crippen molar-refractivity contribution >= 4 is 5.91 Å². The number of hydrogen-bond acceptors (Lipinski definition) is 5. The Kier molecular flexibility index (Phi) is 4.87. The first kappa shape index (κ1) is 17.6. The molecule has 1 saturated heterocycles. The number of β-amino-alcohol motifs (C(OH)–C–C–N with tert-alkyl or cyclic N) is 1. The molecule has 1 amide bonds. The van der Waals surface area contributed by atoms with E-state index in [1.807, 2.05) is 32.0 Å². The molecule has 0 saturated carbocycles. The number of aliphatic hydroxyl groups is 1. The first-order chi connectivity index (χ1) is 11.9. The van der Waals surface area contributed by atoms with Gasteiger partial charge in [0.05, 0.1) is 19.3 Å². The normalized spacial score (nSPS) is 20.4. The lowest BCUT2D eigenvalue weighted by atomic mass is 10.00. The fourth-order valence-electron chi connectivity index (χ4n) is 3.10. The molecule has 2 aromatic rings. The van der Waals surface area contributed by atoms with Crippen LogP contribution in [0.4, 0.5) is 0 Å². The Balaban J connectivity index is 1.79. The summed E-state index contributed by atoms with van der Waals surface area (Å²) in [5, 5.41) is 19.1. The number of carbonyl (C=O) groups excluding carboxylic acids is 1. The summed E-state index contributed by atoms with van der Waals surface area (Å²) in [6.45, 7) is 5.07. The van der Waals surface area contributed by atoms with Gasteiger partial charge in [-0.3, -0.25) is 4.79 Å². The maximum Gasteiger partial charge on any atom is 0.254 e. The van der Waals surface area contributed by atoms with Gasteiger partial charge in [0.2, 0.25) is 0 Å². The summed E-state index contributed by atoms with van der Waals surface area (Å²) in [5.74, 6) is -0.0974. The molecule has 1 N–H and O–H groups in total. The number of carbonyl (C=O) groups is 1. The zero-order valence-corrected chi connectivity index (χ0v) is 14.8. The zero-order valence-electron chi connectivity index (χ0n) is 14.8. The Labute approximate surface area is 147 Å². The second kappa shape index (κ2) is 6.93. The van der Waals surface area contributed by atoms with Crippen LogP contribution in [0.15, 0.2) is 30.5 Å². The Morgan fingerprint density at radius 1 is 1.40 bits per heavy atom. The SMILES string of the molecule is COCc1ccccc1C(=O)N1CCC(O)(c2cn(C(C)C)nn2)C1. The molecule has 1 aromatic heterocycles. The quantitative estimate of drug-likeness (QED) is 0.894. The number of benzene rings is 1. The maximum atomic E-state index is 12.9. The highest BCUT2D eigenvalue weighted by Crippen LogP contribution is 2.32. The molecule has 25 heavy (non-hydrogen) atoms. The first-order valence-electron chi connectivity index (χ1n) is 8.45. The molecule has 0 radical (unpaired) electrons. The Morgan fingerprint density at radius 2 is 2.16 bits per heavy atom. The highest BCUT2D eigenvalue weighted by atomic mass is 16.5. The number of hydrogen-bond donors (Lipinski definition) is 1. The standard InChI is InChI=1S/C18H24N4O3/c1-13(2)22-10-16(19-20-22)18(24)8-9-21(12-18)17(23)15-7-5-4-6-14(15)11-25-3/h4-7,10,13,24H,8-9,11-12H2,1-3H3. The second-order valence-electron chi connectivity index (χ2n) is 6.78. The Morgan fingerprint density at radius 3 is 2.84 bits per heavy atom. The van der Waals surface area contributed by atoms with E-state index in [1.165, 1.54) is 0 Å². The predicted octanol–water partition coefficient (Wildman–Crippen LogP) is 1.74. The number of likely N-dealkylation sites (tertiary alicyclic amines) is 1. The molecule has 7 heteroatoms. The number of aromatic nitrogens is 3. The zero-order chi connectivity index (χ0) is 18.0. The highest BCUT2D eigenvalue weighted by molar-refractivity contribution is 5.96. The van der Waals surface area contributed by atoms with Crippen molar-refractivity contribution in [2.75, 3.05) is 20.2 Å². The molecule has 2 heterocycles. The van der Waals surface area contributed by atoms with Crippen LogP contribution in [0.25, 0.3) is 0 Å². The van der Waals surface area contributed by atoms with Gasteiger partial charge in [0.1, 0.15) is 11.3 Å². The predicted molar refractivity (Wildman–Crippen MR) is 92.0 cm³/mol. The Bertz CT molecular complexity index is 758. The third kappa shape index (κ3) is 3.43.